The van der Waals surface area contributed by atoms with Gasteiger partial charge in [0.05, 0.1) is 14.2 Å². The molecule has 0 fully saturated rings. The molecule has 0 radical (unpaired) electrons. The number of ether oxygens (including phenoxy) is 3. The van der Waals surface area contributed by atoms with Crippen LogP contribution in [0.4, 0.5) is 0 Å². The van der Waals surface area contributed by atoms with E-state index in [1.807, 2.05) is 48.5 Å². The first-order chi connectivity index (χ1) is 9.74. The average molecular weight is 270 g/mol. The third-order valence-corrected chi connectivity index (χ3v) is 2.97. The molecule has 0 aliphatic carbocycles. The Kier molecular flexibility index (Phi) is 4.66. The first kappa shape index (κ1) is 14.0. The van der Waals surface area contributed by atoms with Crippen molar-refractivity contribution in [2.45, 2.75) is 6.61 Å². The molecule has 104 valence electrons. The Morgan fingerprint density at radius 1 is 1.00 bits per heavy atom. The second kappa shape index (κ2) is 6.66. The molecule has 0 aromatic heterocycles. The van der Waals surface area contributed by atoms with Gasteiger partial charge in [-0.05, 0) is 23.8 Å². The fourth-order valence-corrected chi connectivity index (χ4v) is 1.81. The Labute approximate surface area is 119 Å². The monoisotopic (exact) mass is 270 g/mol. The molecule has 0 N–H and O–H groups in total. The van der Waals surface area contributed by atoms with Crippen LogP contribution in [0.5, 0.6) is 11.5 Å². The van der Waals surface area contributed by atoms with E-state index in [4.69, 9.17) is 14.2 Å². The molecule has 0 bridgehead atoms. The van der Waals surface area contributed by atoms with Crippen molar-refractivity contribution in [3.63, 3.8) is 0 Å². The summed E-state index contributed by atoms with van der Waals surface area (Å²) in [5, 5.41) is 0. The summed E-state index contributed by atoms with van der Waals surface area (Å²) in [5.74, 6) is 1.96. The molecule has 3 heteroatoms. The van der Waals surface area contributed by atoms with Crippen molar-refractivity contribution < 1.29 is 14.2 Å². The predicted octanol–water partition coefficient (Wildman–Crippen LogP) is 3.89. The second-order valence-corrected chi connectivity index (χ2v) is 4.27. The molecule has 0 unspecified atom stereocenters. The largest absolute Gasteiger partial charge is 0.497 e. The summed E-state index contributed by atoms with van der Waals surface area (Å²) in [6, 6.07) is 15.6. The van der Waals surface area contributed by atoms with Gasteiger partial charge in [0.25, 0.3) is 0 Å². The van der Waals surface area contributed by atoms with Crippen LogP contribution < -0.4 is 9.47 Å². The molecule has 0 saturated carbocycles. The van der Waals surface area contributed by atoms with Crippen molar-refractivity contribution >= 4 is 5.76 Å². The second-order valence-electron chi connectivity index (χ2n) is 4.27. The molecule has 0 aliphatic heterocycles. The maximum Gasteiger partial charge on any atom is 0.161 e. The zero-order chi connectivity index (χ0) is 14.4. The Balaban J connectivity index is 2.13. The van der Waals surface area contributed by atoms with E-state index < -0.39 is 0 Å². The van der Waals surface area contributed by atoms with Gasteiger partial charge in [0.2, 0.25) is 0 Å². The van der Waals surface area contributed by atoms with Gasteiger partial charge in [-0.15, -0.1) is 0 Å². The Morgan fingerprint density at radius 3 is 2.40 bits per heavy atom. The zero-order valence-corrected chi connectivity index (χ0v) is 11.8. The highest BCUT2D eigenvalue weighted by Crippen LogP contribution is 2.31. The highest BCUT2D eigenvalue weighted by Gasteiger charge is 2.08. The number of methoxy groups -OCH3 is 2. The SMILES string of the molecule is C=C(OC)c1ccc(OCc2ccccc2)c(OC)c1. The average Bonchev–Trinajstić information content (AvgIpc) is 2.53. The molecule has 0 aliphatic rings. The Bertz CT molecular complexity index is 576. The van der Waals surface area contributed by atoms with Gasteiger partial charge >= 0.3 is 0 Å². The van der Waals surface area contributed by atoms with E-state index >= 15 is 0 Å². The van der Waals surface area contributed by atoms with Crippen molar-refractivity contribution in [3.8, 4) is 11.5 Å². The first-order valence-electron chi connectivity index (χ1n) is 6.32. The lowest BCUT2D eigenvalue weighted by Gasteiger charge is -2.13. The summed E-state index contributed by atoms with van der Waals surface area (Å²) in [7, 11) is 3.21. The van der Waals surface area contributed by atoms with Crippen molar-refractivity contribution in [1.29, 1.82) is 0 Å². The lowest BCUT2D eigenvalue weighted by atomic mass is 10.1. The minimum absolute atomic E-state index is 0.502. The van der Waals surface area contributed by atoms with Crippen molar-refractivity contribution in [2.24, 2.45) is 0 Å². The van der Waals surface area contributed by atoms with E-state index in [-0.39, 0.29) is 0 Å². The smallest absolute Gasteiger partial charge is 0.161 e. The summed E-state index contributed by atoms with van der Waals surface area (Å²) in [6.45, 7) is 4.33. The highest BCUT2D eigenvalue weighted by molar-refractivity contribution is 5.61. The summed E-state index contributed by atoms with van der Waals surface area (Å²) in [5.41, 5.74) is 1.98. The molecule has 2 aromatic rings. The third kappa shape index (κ3) is 3.32. The lowest BCUT2D eigenvalue weighted by Crippen LogP contribution is -1.98. The third-order valence-electron chi connectivity index (χ3n) is 2.97. The topological polar surface area (TPSA) is 27.7 Å². The van der Waals surface area contributed by atoms with Crippen LogP contribution in [-0.4, -0.2) is 14.2 Å². The van der Waals surface area contributed by atoms with Gasteiger partial charge < -0.3 is 14.2 Å². The molecule has 0 saturated heterocycles. The molecule has 20 heavy (non-hydrogen) atoms. The van der Waals surface area contributed by atoms with E-state index in [9.17, 15) is 0 Å². The Hall–Kier alpha value is -2.42. The maximum atomic E-state index is 5.79. The molecule has 0 heterocycles. The van der Waals surface area contributed by atoms with E-state index in [1.54, 1.807) is 14.2 Å². The van der Waals surface area contributed by atoms with Crippen LogP contribution in [0.15, 0.2) is 55.1 Å². The predicted molar refractivity (Wildman–Crippen MR) is 79.8 cm³/mol. The van der Waals surface area contributed by atoms with Gasteiger partial charge in [0.15, 0.2) is 11.5 Å². The molecule has 0 atom stereocenters. The van der Waals surface area contributed by atoms with Gasteiger partial charge in [-0.2, -0.15) is 0 Å². The molecule has 3 nitrogen and oxygen atoms in total. The maximum absolute atomic E-state index is 5.79. The summed E-state index contributed by atoms with van der Waals surface area (Å²) < 4.78 is 16.2. The standard InChI is InChI=1S/C17H18O3/c1-13(18-2)15-9-10-16(17(11-15)19-3)20-12-14-7-5-4-6-8-14/h4-11H,1,12H2,2-3H3. The number of hydrogen-bond donors (Lipinski definition) is 0. The van der Waals surface area contributed by atoms with Gasteiger partial charge in [-0.1, -0.05) is 36.9 Å². The summed E-state index contributed by atoms with van der Waals surface area (Å²) in [6.07, 6.45) is 0. The Morgan fingerprint density at radius 2 is 1.75 bits per heavy atom. The van der Waals surface area contributed by atoms with Crippen molar-refractivity contribution in [2.75, 3.05) is 14.2 Å². The van der Waals surface area contributed by atoms with Gasteiger partial charge in [0, 0.05) is 5.56 Å². The molecular weight excluding hydrogens is 252 g/mol. The van der Waals surface area contributed by atoms with E-state index in [1.165, 1.54) is 0 Å². The summed E-state index contributed by atoms with van der Waals surface area (Å²) >= 11 is 0. The fraction of sp³-hybridized carbons (Fsp3) is 0.176. The molecule has 0 amide bonds. The molecule has 2 rings (SSSR count). The number of hydrogen-bond acceptors (Lipinski definition) is 3. The quantitative estimate of drug-likeness (QED) is 0.745. The van der Waals surface area contributed by atoms with Gasteiger partial charge in [-0.3, -0.25) is 0 Å². The van der Waals surface area contributed by atoms with Gasteiger partial charge in [0.1, 0.15) is 12.4 Å². The normalized spacial score (nSPS) is 9.90. The van der Waals surface area contributed by atoms with Crippen LogP contribution in [0.1, 0.15) is 11.1 Å². The molecule has 0 spiro atoms. The lowest BCUT2D eigenvalue weighted by molar-refractivity contribution is 0.284. The van der Waals surface area contributed by atoms with Crippen molar-refractivity contribution in [1.82, 2.24) is 0 Å². The number of rotatable bonds is 6. The highest BCUT2D eigenvalue weighted by atomic mass is 16.5. The van der Waals surface area contributed by atoms with Crippen LogP contribution in [0.2, 0.25) is 0 Å². The van der Waals surface area contributed by atoms with Gasteiger partial charge in [-0.25, -0.2) is 0 Å². The van der Waals surface area contributed by atoms with Crippen LogP contribution in [-0.2, 0) is 11.3 Å². The minimum Gasteiger partial charge on any atom is -0.497 e. The number of benzene rings is 2. The van der Waals surface area contributed by atoms with Crippen LogP contribution in [0.25, 0.3) is 5.76 Å². The zero-order valence-electron chi connectivity index (χ0n) is 11.8. The van der Waals surface area contributed by atoms with E-state index in [0.29, 0.717) is 23.9 Å². The van der Waals surface area contributed by atoms with Crippen LogP contribution in [0, 0.1) is 0 Å². The van der Waals surface area contributed by atoms with E-state index in [2.05, 4.69) is 6.58 Å². The van der Waals surface area contributed by atoms with Crippen molar-refractivity contribution in [3.05, 3.63) is 66.2 Å². The minimum atomic E-state index is 0.502. The summed E-state index contributed by atoms with van der Waals surface area (Å²) in [4.78, 5) is 0. The molecule has 2 aromatic carbocycles. The van der Waals surface area contributed by atoms with Crippen LogP contribution in [0.3, 0.4) is 0 Å². The molecular formula is C17H18O3. The fourth-order valence-electron chi connectivity index (χ4n) is 1.81. The van der Waals surface area contributed by atoms with Crippen LogP contribution >= 0.6 is 0 Å². The van der Waals surface area contributed by atoms with E-state index in [0.717, 1.165) is 11.1 Å². The first-order valence-corrected chi connectivity index (χ1v) is 6.32.